The zero-order chi connectivity index (χ0) is 19.0. The van der Waals surface area contributed by atoms with Gasteiger partial charge in [-0.25, -0.2) is 9.97 Å². The summed E-state index contributed by atoms with van der Waals surface area (Å²) in [6.45, 7) is 1.95. The standard InChI is InChI=1S/C21H16ClN5/c1-13(24)14-8-9-20-19(10-14)25-12-27(20)21-7-3-6-18(26-21)15-4-2-5-17(22)16(15)11-23/h2-10,12-13H,24H2,1H3. The van der Waals surface area contributed by atoms with Gasteiger partial charge in [0.2, 0.25) is 0 Å². The third-order valence-corrected chi connectivity index (χ3v) is 4.79. The summed E-state index contributed by atoms with van der Waals surface area (Å²) in [7, 11) is 0. The summed E-state index contributed by atoms with van der Waals surface area (Å²) < 4.78 is 1.92. The first-order valence-corrected chi connectivity index (χ1v) is 8.85. The lowest BCUT2D eigenvalue weighted by Gasteiger charge is -2.09. The number of fused-ring (bicyclic) bond motifs is 1. The lowest BCUT2D eigenvalue weighted by molar-refractivity contribution is 0.819. The molecular weight excluding hydrogens is 358 g/mol. The van der Waals surface area contributed by atoms with Crippen LogP contribution >= 0.6 is 11.6 Å². The van der Waals surface area contributed by atoms with E-state index in [0.717, 1.165) is 16.6 Å². The van der Waals surface area contributed by atoms with Crippen molar-refractivity contribution in [3.63, 3.8) is 0 Å². The number of aromatic nitrogens is 3. The number of nitrogens with zero attached hydrogens (tertiary/aromatic N) is 4. The summed E-state index contributed by atoms with van der Waals surface area (Å²) in [5.41, 5.74) is 10.6. The van der Waals surface area contributed by atoms with Crippen LogP contribution in [-0.2, 0) is 0 Å². The van der Waals surface area contributed by atoms with Gasteiger partial charge in [-0.2, -0.15) is 5.26 Å². The minimum atomic E-state index is -0.0479. The molecule has 0 aliphatic heterocycles. The Bertz CT molecular complexity index is 1190. The zero-order valence-corrected chi connectivity index (χ0v) is 15.4. The maximum atomic E-state index is 9.44. The molecule has 0 saturated carbocycles. The van der Waals surface area contributed by atoms with E-state index in [9.17, 15) is 5.26 Å². The fraction of sp³-hybridized carbons (Fsp3) is 0.0952. The quantitative estimate of drug-likeness (QED) is 0.567. The van der Waals surface area contributed by atoms with Gasteiger partial charge in [-0.05, 0) is 42.8 Å². The van der Waals surface area contributed by atoms with Gasteiger partial charge in [-0.1, -0.05) is 35.9 Å². The minimum absolute atomic E-state index is 0.0479. The number of hydrogen-bond donors (Lipinski definition) is 1. The van der Waals surface area contributed by atoms with Gasteiger partial charge in [0.1, 0.15) is 18.2 Å². The van der Waals surface area contributed by atoms with Crippen molar-refractivity contribution < 1.29 is 0 Å². The largest absolute Gasteiger partial charge is 0.324 e. The molecule has 2 N–H and O–H groups in total. The van der Waals surface area contributed by atoms with Gasteiger partial charge in [0.15, 0.2) is 0 Å². The first-order chi connectivity index (χ1) is 13.1. The van der Waals surface area contributed by atoms with E-state index in [1.807, 2.05) is 60.0 Å². The summed E-state index contributed by atoms with van der Waals surface area (Å²) >= 11 is 6.16. The van der Waals surface area contributed by atoms with Crippen molar-refractivity contribution in [2.75, 3.05) is 0 Å². The van der Waals surface area contributed by atoms with E-state index in [1.165, 1.54) is 0 Å². The summed E-state index contributed by atoms with van der Waals surface area (Å²) in [5.74, 6) is 0.715. The van der Waals surface area contributed by atoms with Gasteiger partial charge in [0, 0.05) is 11.6 Å². The molecule has 2 aromatic heterocycles. The fourth-order valence-electron chi connectivity index (χ4n) is 3.05. The number of halogens is 1. The normalized spacial score (nSPS) is 12.1. The van der Waals surface area contributed by atoms with Crippen LogP contribution in [0.5, 0.6) is 0 Å². The maximum absolute atomic E-state index is 9.44. The Balaban J connectivity index is 1.84. The molecule has 0 spiro atoms. The molecule has 1 unspecified atom stereocenters. The second kappa shape index (κ2) is 6.84. The lowest BCUT2D eigenvalue weighted by Crippen LogP contribution is -2.04. The third-order valence-electron chi connectivity index (χ3n) is 4.48. The van der Waals surface area contributed by atoms with Crippen LogP contribution in [0.1, 0.15) is 24.1 Å². The van der Waals surface area contributed by atoms with E-state index in [-0.39, 0.29) is 6.04 Å². The molecule has 6 heteroatoms. The van der Waals surface area contributed by atoms with E-state index < -0.39 is 0 Å². The van der Waals surface area contributed by atoms with Crippen LogP contribution in [0.2, 0.25) is 5.02 Å². The number of nitriles is 1. The number of nitrogens with two attached hydrogens (primary N) is 1. The van der Waals surface area contributed by atoms with Crippen LogP contribution < -0.4 is 5.73 Å². The Kier molecular flexibility index (Phi) is 4.36. The highest BCUT2D eigenvalue weighted by Crippen LogP contribution is 2.28. The Hall–Kier alpha value is -3.20. The summed E-state index contributed by atoms with van der Waals surface area (Å²) in [6, 6.07) is 19.1. The SMILES string of the molecule is CC(N)c1ccc2c(c1)ncn2-c1cccc(-c2cccc(Cl)c2C#N)n1. The highest BCUT2D eigenvalue weighted by atomic mass is 35.5. The predicted octanol–water partition coefficient (Wildman–Crippen LogP) is 4.63. The average Bonchev–Trinajstić information content (AvgIpc) is 3.11. The number of benzene rings is 2. The Labute approximate surface area is 161 Å². The highest BCUT2D eigenvalue weighted by molar-refractivity contribution is 6.32. The molecule has 4 aromatic rings. The maximum Gasteiger partial charge on any atom is 0.139 e. The molecule has 0 radical (unpaired) electrons. The van der Waals surface area contributed by atoms with Crippen LogP contribution in [0, 0.1) is 11.3 Å². The summed E-state index contributed by atoms with van der Waals surface area (Å²) in [4.78, 5) is 9.21. The molecule has 4 rings (SSSR count). The average molecular weight is 374 g/mol. The van der Waals surface area contributed by atoms with Crippen molar-refractivity contribution in [1.82, 2.24) is 14.5 Å². The smallest absolute Gasteiger partial charge is 0.139 e. The van der Waals surface area contributed by atoms with E-state index in [0.29, 0.717) is 27.7 Å². The Morgan fingerprint density at radius 3 is 2.74 bits per heavy atom. The van der Waals surface area contributed by atoms with Gasteiger partial charge in [0.05, 0.1) is 27.3 Å². The van der Waals surface area contributed by atoms with Gasteiger partial charge in [-0.15, -0.1) is 0 Å². The van der Waals surface area contributed by atoms with Crippen molar-refractivity contribution in [2.24, 2.45) is 5.73 Å². The van der Waals surface area contributed by atoms with Crippen LogP contribution in [-0.4, -0.2) is 14.5 Å². The molecule has 132 valence electrons. The van der Waals surface area contributed by atoms with Crippen LogP contribution in [0.25, 0.3) is 28.1 Å². The fourth-order valence-corrected chi connectivity index (χ4v) is 3.27. The summed E-state index contributed by atoms with van der Waals surface area (Å²) in [6.07, 6.45) is 1.74. The van der Waals surface area contributed by atoms with Crippen molar-refractivity contribution >= 4 is 22.6 Å². The number of pyridine rings is 1. The molecular formula is C21H16ClN5. The molecule has 27 heavy (non-hydrogen) atoms. The molecule has 2 heterocycles. The molecule has 1 atom stereocenters. The van der Waals surface area contributed by atoms with Crippen molar-refractivity contribution in [3.8, 4) is 23.1 Å². The Morgan fingerprint density at radius 1 is 1.15 bits per heavy atom. The molecule has 0 fully saturated rings. The van der Waals surface area contributed by atoms with Crippen molar-refractivity contribution in [2.45, 2.75) is 13.0 Å². The monoisotopic (exact) mass is 373 g/mol. The zero-order valence-electron chi connectivity index (χ0n) is 14.6. The molecule has 0 aliphatic rings. The predicted molar refractivity (Wildman–Crippen MR) is 107 cm³/mol. The molecule has 0 aliphatic carbocycles. The number of rotatable bonds is 3. The third kappa shape index (κ3) is 3.06. The number of imidazole rings is 1. The molecule has 2 aromatic carbocycles. The molecule has 0 bridgehead atoms. The minimum Gasteiger partial charge on any atom is -0.324 e. The highest BCUT2D eigenvalue weighted by Gasteiger charge is 2.12. The van der Waals surface area contributed by atoms with E-state index in [1.54, 1.807) is 12.4 Å². The van der Waals surface area contributed by atoms with E-state index in [2.05, 4.69) is 11.1 Å². The topological polar surface area (TPSA) is 80.5 Å². The second-order valence-electron chi connectivity index (χ2n) is 6.31. The van der Waals surface area contributed by atoms with Crippen LogP contribution in [0.3, 0.4) is 0 Å². The van der Waals surface area contributed by atoms with Crippen molar-refractivity contribution in [1.29, 1.82) is 5.26 Å². The van der Waals surface area contributed by atoms with Gasteiger partial charge >= 0.3 is 0 Å². The molecule has 0 saturated heterocycles. The second-order valence-corrected chi connectivity index (χ2v) is 6.71. The summed E-state index contributed by atoms with van der Waals surface area (Å²) in [5, 5.41) is 9.85. The first-order valence-electron chi connectivity index (χ1n) is 8.47. The number of hydrogen-bond acceptors (Lipinski definition) is 4. The van der Waals surface area contributed by atoms with Crippen LogP contribution in [0.15, 0.2) is 60.9 Å². The van der Waals surface area contributed by atoms with E-state index >= 15 is 0 Å². The van der Waals surface area contributed by atoms with Crippen LogP contribution in [0.4, 0.5) is 0 Å². The lowest BCUT2D eigenvalue weighted by atomic mass is 10.0. The molecule has 5 nitrogen and oxygen atoms in total. The molecule has 0 amide bonds. The Morgan fingerprint density at radius 2 is 1.96 bits per heavy atom. The van der Waals surface area contributed by atoms with Crippen molar-refractivity contribution in [3.05, 3.63) is 77.1 Å². The van der Waals surface area contributed by atoms with Gasteiger partial charge in [-0.3, -0.25) is 4.57 Å². The van der Waals surface area contributed by atoms with Gasteiger partial charge in [0.25, 0.3) is 0 Å². The van der Waals surface area contributed by atoms with E-state index in [4.69, 9.17) is 22.3 Å². The first kappa shape index (κ1) is 17.2. The van der Waals surface area contributed by atoms with Gasteiger partial charge < -0.3 is 5.73 Å².